The Morgan fingerprint density at radius 1 is 0.526 bits per heavy atom. The van der Waals surface area contributed by atoms with Crippen LogP contribution in [0.15, 0.2) is 0 Å². The Morgan fingerprint density at radius 2 is 0.789 bits per heavy atom. The first kappa shape index (κ1) is 18.5. The maximum Gasteiger partial charge on any atom is 0.444 e. The maximum atomic E-state index is 10.5. The van der Waals surface area contributed by atoms with Gasteiger partial charge in [-0.25, -0.2) is 0 Å². The molecule has 19 heteroatoms. The van der Waals surface area contributed by atoms with Crippen LogP contribution in [0.5, 0.6) is 0 Å². The normalized spacial score (nSPS) is 14.4. The van der Waals surface area contributed by atoms with Crippen LogP contribution in [-0.4, -0.2) is 42.8 Å². The van der Waals surface area contributed by atoms with E-state index in [9.17, 15) is 33.7 Å². The lowest BCUT2D eigenvalue weighted by Crippen LogP contribution is -2.21. The second-order valence-electron chi connectivity index (χ2n) is 2.01. The van der Waals surface area contributed by atoms with Gasteiger partial charge in [0, 0.05) is 0 Å². The van der Waals surface area contributed by atoms with Crippen LogP contribution in [-0.2, 0) is 62.6 Å². The van der Waals surface area contributed by atoms with E-state index in [1.807, 2.05) is 0 Å². The lowest BCUT2D eigenvalue weighted by atomic mass is 14.9. The zero-order valence-corrected chi connectivity index (χ0v) is 11.1. The molecule has 0 saturated heterocycles. The lowest BCUT2D eigenvalue weighted by Gasteiger charge is -2.02. The molecule has 0 unspecified atom stereocenters. The summed E-state index contributed by atoms with van der Waals surface area (Å²) < 4.78 is 112. The summed E-state index contributed by atoms with van der Waals surface area (Å²) in [6.45, 7) is 0. The Balaban J connectivity index is 4.75. The lowest BCUT2D eigenvalue weighted by molar-refractivity contribution is -0.115. The largest absolute Gasteiger partial charge is 0.444 e. The van der Waals surface area contributed by atoms with Crippen LogP contribution in [0.3, 0.4) is 0 Å². The van der Waals surface area contributed by atoms with E-state index < -0.39 is 41.6 Å². The van der Waals surface area contributed by atoms with E-state index >= 15 is 0 Å². The quantitative estimate of drug-likeness (QED) is 0.246. The average Bonchev–Trinajstić information content (AvgIpc) is 2.09. The first-order chi connectivity index (χ1) is 8.12. The molecule has 0 aromatic carbocycles. The van der Waals surface area contributed by atoms with E-state index in [-0.39, 0.29) is 0 Å². The van der Waals surface area contributed by atoms with Crippen LogP contribution in [0.1, 0.15) is 0 Å². The van der Waals surface area contributed by atoms with Crippen LogP contribution < -0.4 is 0 Å². The van der Waals surface area contributed by atoms with E-state index in [1.165, 1.54) is 0 Å². The van der Waals surface area contributed by atoms with Crippen molar-refractivity contribution >= 4 is 41.6 Å². The summed E-state index contributed by atoms with van der Waals surface area (Å²) in [5.74, 6) is 0. The molecule has 2 N–H and O–H groups in total. The standard InChI is InChI=1S/H2O15S4/c1-16(2,3)11-13-18(7,8)15-19(9,10)14-12-17(4,5)6/h(H,1,2,3)(H,4,5,6). The van der Waals surface area contributed by atoms with Gasteiger partial charge in [0.2, 0.25) is 0 Å². The molecule has 0 aliphatic carbocycles. The first-order valence-electron chi connectivity index (χ1n) is 3.03. The Morgan fingerprint density at radius 3 is 1.00 bits per heavy atom. The fraction of sp³-hybridized carbons (Fsp3) is 0. The van der Waals surface area contributed by atoms with Gasteiger partial charge < -0.3 is 0 Å². The van der Waals surface area contributed by atoms with Crippen molar-refractivity contribution in [1.29, 1.82) is 0 Å². The fourth-order valence-corrected chi connectivity index (χ4v) is 2.37. The van der Waals surface area contributed by atoms with Crippen molar-refractivity contribution in [2.45, 2.75) is 0 Å². The molecule has 0 atom stereocenters. The van der Waals surface area contributed by atoms with Gasteiger partial charge in [0.15, 0.2) is 0 Å². The average molecular weight is 370 g/mol. The zero-order valence-electron chi connectivity index (χ0n) is 7.83. The van der Waals surface area contributed by atoms with Crippen molar-refractivity contribution in [1.82, 2.24) is 0 Å². The van der Waals surface area contributed by atoms with Crippen molar-refractivity contribution in [3.8, 4) is 0 Å². The highest BCUT2D eigenvalue weighted by molar-refractivity contribution is 7.95. The van der Waals surface area contributed by atoms with Crippen molar-refractivity contribution in [2.75, 3.05) is 0 Å². The van der Waals surface area contributed by atoms with E-state index in [0.29, 0.717) is 0 Å². The molecule has 0 saturated carbocycles. The summed E-state index contributed by atoms with van der Waals surface area (Å²) in [5, 5.41) is 0. The summed E-state index contributed by atoms with van der Waals surface area (Å²) in [4.78, 5) is 0. The van der Waals surface area contributed by atoms with E-state index in [4.69, 9.17) is 9.11 Å². The zero-order chi connectivity index (χ0) is 15.5. The summed E-state index contributed by atoms with van der Waals surface area (Å²) >= 11 is 0. The Bertz CT molecular complexity index is 629. The van der Waals surface area contributed by atoms with E-state index in [2.05, 4.69) is 21.0 Å². The minimum absolute atomic E-state index is 2.77. The number of hydrogen-bond donors (Lipinski definition) is 2. The highest BCUT2D eigenvalue weighted by Gasteiger charge is 2.30. The maximum absolute atomic E-state index is 10.5. The minimum Gasteiger partial charge on any atom is -0.262 e. The van der Waals surface area contributed by atoms with Crippen LogP contribution in [0, 0.1) is 0 Å². The van der Waals surface area contributed by atoms with Crippen molar-refractivity contribution in [3.63, 3.8) is 0 Å². The second-order valence-corrected chi connectivity index (χ2v) is 6.44. The van der Waals surface area contributed by atoms with E-state index in [1.54, 1.807) is 0 Å². The molecule has 0 fully saturated rings. The molecule has 0 aliphatic heterocycles. The molecule has 0 bridgehead atoms. The van der Waals surface area contributed by atoms with Crippen LogP contribution in [0.25, 0.3) is 0 Å². The molecule has 0 aromatic rings. The Hall–Kier alpha value is -0.480. The molecular weight excluding hydrogens is 368 g/mol. The molecular formula is H2O15S4. The van der Waals surface area contributed by atoms with Crippen molar-refractivity contribution in [3.05, 3.63) is 0 Å². The first-order valence-corrected chi connectivity index (χ1v) is 8.43. The molecule has 0 rings (SSSR count). The van der Waals surface area contributed by atoms with Gasteiger partial charge in [-0.1, -0.05) is 21.0 Å². The van der Waals surface area contributed by atoms with Crippen molar-refractivity contribution in [2.24, 2.45) is 0 Å². The summed E-state index contributed by atoms with van der Waals surface area (Å²) in [6.07, 6.45) is 0. The van der Waals surface area contributed by atoms with Crippen LogP contribution in [0.2, 0.25) is 0 Å². The van der Waals surface area contributed by atoms with Gasteiger partial charge in [0.05, 0.1) is 0 Å². The van der Waals surface area contributed by atoms with Gasteiger partial charge in [0.1, 0.15) is 0 Å². The molecule has 19 heavy (non-hydrogen) atoms. The highest BCUT2D eigenvalue weighted by Crippen LogP contribution is 2.08. The summed E-state index contributed by atoms with van der Waals surface area (Å²) in [5.41, 5.74) is 0. The van der Waals surface area contributed by atoms with Gasteiger partial charge in [-0.05, 0) is 0 Å². The summed E-state index contributed by atoms with van der Waals surface area (Å²) in [7, 11) is -22.4. The molecule has 0 amide bonds. The van der Waals surface area contributed by atoms with Gasteiger partial charge in [-0.2, -0.15) is 33.7 Å². The van der Waals surface area contributed by atoms with Crippen LogP contribution in [0.4, 0.5) is 0 Å². The molecule has 15 nitrogen and oxygen atoms in total. The smallest absolute Gasteiger partial charge is 0.262 e. The van der Waals surface area contributed by atoms with Crippen LogP contribution >= 0.6 is 0 Å². The fourth-order valence-electron chi connectivity index (χ4n) is 0.263. The Kier molecular flexibility index (Phi) is 5.73. The molecule has 0 heterocycles. The van der Waals surface area contributed by atoms with Gasteiger partial charge in [0.25, 0.3) is 0 Å². The minimum atomic E-state index is -5.77. The second kappa shape index (κ2) is 5.88. The summed E-state index contributed by atoms with van der Waals surface area (Å²) in [6, 6.07) is 0. The third kappa shape index (κ3) is 11.1. The topological polar surface area (TPSA) is 223 Å². The third-order valence-corrected chi connectivity index (χ3v) is 3.02. The molecule has 0 aromatic heterocycles. The van der Waals surface area contributed by atoms with Gasteiger partial charge in [-0.15, -0.1) is 0 Å². The monoisotopic (exact) mass is 370 g/mol. The SMILES string of the molecule is O=S(=O)(O)OOS(=O)(=O)OS(=O)(=O)OOS(=O)(=O)O. The predicted octanol–water partition coefficient (Wildman–Crippen LogP) is -3.01. The number of hydrogen-bond acceptors (Lipinski definition) is 13. The molecule has 116 valence electrons. The van der Waals surface area contributed by atoms with Gasteiger partial charge in [-0.3, -0.25) is 9.11 Å². The third-order valence-electron chi connectivity index (χ3n) is 0.561. The molecule has 0 spiro atoms. The van der Waals surface area contributed by atoms with Gasteiger partial charge >= 0.3 is 41.6 Å². The Labute approximate surface area is 106 Å². The van der Waals surface area contributed by atoms with E-state index in [0.717, 1.165) is 0 Å². The predicted molar refractivity (Wildman–Crippen MR) is 46.4 cm³/mol. The molecule has 0 radical (unpaired) electrons. The molecule has 0 aliphatic rings. The highest BCUT2D eigenvalue weighted by atomic mass is 32.3. The van der Waals surface area contributed by atoms with Crippen molar-refractivity contribution < 1.29 is 63.7 Å². The number of rotatable bonds is 8.